The predicted molar refractivity (Wildman–Crippen MR) is 143 cm³/mol. The quantitative estimate of drug-likeness (QED) is 0.223. The van der Waals surface area contributed by atoms with Gasteiger partial charge in [-0.15, -0.1) is 0 Å². The van der Waals surface area contributed by atoms with Gasteiger partial charge in [0.15, 0.2) is 11.6 Å². The fourth-order valence-corrected chi connectivity index (χ4v) is 6.58. The van der Waals surface area contributed by atoms with E-state index in [1.54, 1.807) is 48.5 Å². The zero-order valence-corrected chi connectivity index (χ0v) is 21.2. The van der Waals surface area contributed by atoms with Crippen LogP contribution in [0.1, 0.15) is 37.4 Å². The molecule has 0 N–H and O–H groups in total. The van der Waals surface area contributed by atoms with Crippen LogP contribution in [0.5, 0.6) is 0 Å². The van der Waals surface area contributed by atoms with Crippen molar-refractivity contribution in [2.75, 3.05) is 0 Å². The van der Waals surface area contributed by atoms with Crippen molar-refractivity contribution in [2.24, 2.45) is 0 Å². The summed E-state index contributed by atoms with van der Waals surface area (Å²) in [5.41, 5.74) is 0.783. The molecule has 0 heterocycles. The minimum absolute atomic E-state index is 0.200. The van der Waals surface area contributed by atoms with Crippen molar-refractivity contribution in [3.05, 3.63) is 131 Å². The summed E-state index contributed by atoms with van der Waals surface area (Å²) in [5, 5.41) is 1.13. The predicted octanol–water partition coefficient (Wildman–Crippen LogP) is 8.94. The average Bonchev–Trinajstić information content (AvgIpc) is 2.91. The molecule has 38 heavy (non-hydrogen) atoms. The molecule has 0 fully saturated rings. The lowest BCUT2D eigenvalue weighted by Gasteiger charge is -2.22. The van der Waals surface area contributed by atoms with Gasteiger partial charge in [-0.3, -0.25) is 9.59 Å². The van der Waals surface area contributed by atoms with Crippen molar-refractivity contribution in [1.82, 2.24) is 0 Å². The molecule has 7 heteroatoms. The molecule has 0 bridgehead atoms. The lowest BCUT2D eigenvalue weighted by Crippen LogP contribution is -2.22. The molecule has 0 amide bonds. The molecule has 0 radical (unpaired) electrons. The van der Waals surface area contributed by atoms with Crippen molar-refractivity contribution in [3.8, 4) is 0 Å². The molecule has 1 aliphatic carbocycles. The van der Waals surface area contributed by atoms with Crippen LogP contribution in [0.4, 0.5) is 13.2 Å². The minimum atomic E-state index is -4.41. The molecule has 0 atom stereocenters. The van der Waals surface area contributed by atoms with Crippen molar-refractivity contribution in [1.29, 1.82) is 0 Å². The van der Waals surface area contributed by atoms with Crippen molar-refractivity contribution < 1.29 is 22.8 Å². The Morgan fingerprint density at radius 2 is 1.08 bits per heavy atom. The van der Waals surface area contributed by atoms with Crippen LogP contribution in [0.15, 0.2) is 123 Å². The molecule has 2 nitrogen and oxygen atoms in total. The maximum atomic E-state index is 13.7. The molecule has 0 spiro atoms. The normalized spacial score (nSPS) is 12.9. The Kier molecular flexibility index (Phi) is 6.13. The largest absolute Gasteiger partial charge is 0.416 e. The van der Waals surface area contributed by atoms with E-state index in [2.05, 4.69) is 0 Å². The molecular weight excluding hydrogens is 525 g/mol. The van der Waals surface area contributed by atoms with E-state index < -0.39 is 11.7 Å². The van der Waals surface area contributed by atoms with E-state index in [-0.39, 0.29) is 11.6 Å². The lowest BCUT2D eigenvalue weighted by atomic mass is 9.84. The number of alkyl halides is 3. The van der Waals surface area contributed by atoms with Crippen LogP contribution < -0.4 is 0 Å². The van der Waals surface area contributed by atoms with Gasteiger partial charge in [-0.25, -0.2) is 0 Å². The fourth-order valence-electron chi connectivity index (χ4n) is 4.55. The van der Waals surface area contributed by atoms with E-state index in [1.165, 1.54) is 29.6 Å². The first-order valence-corrected chi connectivity index (χ1v) is 13.3. The summed E-state index contributed by atoms with van der Waals surface area (Å²) in [4.78, 5) is 30.5. The summed E-state index contributed by atoms with van der Waals surface area (Å²) in [6.45, 7) is 0. The first-order valence-electron chi connectivity index (χ1n) is 11.7. The summed E-state index contributed by atoms with van der Waals surface area (Å²) in [6, 6.07) is 29.0. The Morgan fingerprint density at radius 1 is 0.526 bits per heavy atom. The SMILES string of the molecule is O=C1c2cccc(Sc3ccc4cc(C(F)(F)F)ccc4c3)c2C(=O)c2cccc(Sc3ccccc3)c21. The third-order valence-electron chi connectivity index (χ3n) is 6.33. The summed E-state index contributed by atoms with van der Waals surface area (Å²) < 4.78 is 39.3. The van der Waals surface area contributed by atoms with Gasteiger partial charge in [0.25, 0.3) is 0 Å². The van der Waals surface area contributed by atoms with Gasteiger partial charge in [0, 0.05) is 41.8 Å². The highest BCUT2D eigenvalue weighted by molar-refractivity contribution is 7.99. The number of ketones is 2. The zero-order valence-electron chi connectivity index (χ0n) is 19.6. The van der Waals surface area contributed by atoms with Gasteiger partial charge in [0.05, 0.1) is 5.56 Å². The third-order valence-corrected chi connectivity index (χ3v) is 8.45. The zero-order chi connectivity index (χ0) is 26.4. The van der Waals surface area contributed by atoms with Crippen molar-refractivity contribution in [2.45, 2.75) is 25.8 Å². The van der Waals surface area contributed by atoms with Crippen LogP contribution in [0.2, 0.25) is 0 Å². The molecule has 0 aliphatic heterocycles. The topological polar surface area (TPSA) is 34.1 Å². The third kappa shape index (κ3) is 4.42. The molecule has 0 unspecified atom stereocenters. The van der Waals surface area contributed by atoms with Crippen LogP contribution >= 0.6 is 23.5 Å². The van der Waals surface area contributed by atoms with E-state index in [0.29, 0.717) is 37.9 Å². The average molecular weight is 543 g/mol. The number of halogens is 3. The van der Waals surface area contributed by atoms with E-state index in [0.717, 1.165) is 26.8 Å². The Hall–Kier alpha value is -3.81. The van der Waals surface area contributed by atoms with Crippen molar-refractivity contribution in [3.63, 3.8) is 0 Å². The first-order chi connectivity index (χ1) is 18.3. The van der Waals surface area contributed by atoms with Gasteiger partial charge in [0.1, 0.15) is 0 Å². The maximum absolute atomic E-state index is 13.7. The molecule has 0 saturated carbocycles. The van der Waals surface area contributed by atoms with Gasteiger partial charge in [-0.05, 0) is 59.3 Å². The summed E-state index contributed by atoms with van der Waals surface area (Å²) in [5.74, 6) is -0.418. The molecular formula is C31H17F3O2S2. The number of fused-ring (bicyclic) bond motifs is 3. The van der Waals surface area contributed by atoms with Gasteiger partial charge >= 0.3 is 6.18 Å². The first kappa shape index (κ1) is 24.5. The van der Waals surface area contributed by atoms with E-state index in [4.69, 9.17) is 0 Å². The Balaban J connectivity index is 1.37. The van der Waals surface area contributed by atoms with Gasteiger partial charge in [0.2, 0.25) is 0 Å². The second-order valence-electron chi connectivity index (χ2n) is 8.75. The second kappa shape index (κ2) is 9.49. The van der Waals surface area contributed by atoms with Crippen LogP contribution in [0.3, 0.4) is 0 Å². The molecule has 0 saturated heterocycles. The van der Waals surface area contributed by atoms with E-state index in [9.17, 15) is 22.8 Å². The Labute approximate surface area is 224 Å². The van der Waals surface area contributed by atoms with Crippen LogP contribution in [-0.2, 0) is 6.18 Å². The summed E-state index contributed by atoms with van der Waals surface area (Å²) in [6.07, 6.45) is -4.41. The molecule has 6 rings (SSSR count). The maximum Gasteiger partial charge on any atom is 0.416 e. The molecule has 0 aromatic heterocycles. The van der Waals surface area contributed by atoms with E-state index >= 15 is 0 Å². The smallest absolute Gasteiger partial charge is 0.289 e. The standard InChI is InChI=1S/C31H17F3O2S2/c32-31(33,34)20-14-12-19-17-22(15-13-18(19)16-20)38-26-11-5-9-24-28(26)30(36)23-8-4-10-25(27(23)29(24)35)37-21-6-2-1-3-7-21/h1-17H. The molecule has 5 aromatic rings. The van der Waals surface area contributed by atoms with Gasteiger partial charge in [-0.2, -0.15) is 13.2 Å². The highest BCUT2D eigenvalue weighted by atomic mass is 32.2. The number of carbonyl (C=O) groups is 2. The number of hydrogen-bond acceptors (Lipinski definition) is 4. The monoisotopic (exact) mass is 542 g/mol. The lowest BCUT2D eigenvalue weighted by molar-refractivity contribution is -0.137. The second-order valence-corrected chi connectivity index (χ2v) is 11.0. The number of carbonyl (C=O) groups excluding carboxylic acids is 2. The van der Waals surface area contributed by atoms with Gasteiger partial charge < -0.3 is 0 Å². The highest BCUT2D eigenvalue weighted by Gasteiger charge is 2.34. The molecule has 5 aromatic carbocycles. The Bertz CT molecular complexity index is 1740. The Morgan fingerprint density at radius 3 is 1.68 bits per heavy atom. The van der Waals surface area contributed by atoms with Crippen LogP contribution in [0, 0.1) is 0 Å². The number of rotatable bonds is 4. The number of benzene rings is 5. The van der Waals surface area contributed by atoms with Crippen LogP contribution in [0.25, 0.3) is 10.8 Å². The van der Waals surface area contributed by atoms with Crippen molar-refractivity contribution >= 4 is 45.9 Å². The fraction of sp³-hybridized carbons (Fsp3) is 0.0323. The van der Waals surface area contributed by atoms with E-state index in [1.807, 2.05) is 36.4 Å². The minimum Gasteiger partial charge on any atom is -0.289 e. The summed E-state index contributed by atoms with van der Waals surface area (Å²) in [7, 11) is 0. The number of hydrogen-bond donors (Lipinski definition) is 0. The van der Waals surface area contributed by atoms with Crippen LogP contribution in [-0.4, -0.2) is 11.6 Å². The molecule has 186 valence electrons. The van der Waals surface area contributed by atoms with Gasteiger partial charge in [-0.1, -0.05) is 78.1 Å². The molecule has 1 aliphatic rings. The highest BCUT2D eigenvalue weighted by Crippen LogP contribution is 2.41. The summed E-state index contributed by atoms with van der Waals surface area (Å²) >= 11 is 2.76.